The molecule has 2 heterocycles. The van der Waals surface area contributed by atoms with Gasteiger partial charge in [-0.15, -0.1) is 0 Å². The van der Waals surface area contributed by atoms with Crippen molar-refractivity contribution in [3.63, 3.8) is 0 Å². The lowest BCUT2D eigenvalue weighted by Gasteiger charge is -2.33. The maximum absolute atomic E-state index is 8.75. The van der Waals surface area contributed by atoms with Gasteiger partial charge in [-0.1, -0.05) is 0 Å². The van der Waals surface area contributed by atoms with Crippen LogP contribution < -0.4 is 10.2 Å². The number of aromatic nitrogens is 1. The van der Waals surface area contributed by atoms with Crippen LogP contribution in [0.25, 0.3) is 0 Å². The van der Waals surface area contributed by atoms with Crippen LogP contribution in [-0.4, -0.2) is 30.2 Å². The molecule has 1 aromatic rings. The summed E-state index contributed by atoms with van der Waals surface area (Å²) in [7, 11) is 0. The average Bonchev–Trinajstić information content (AvgIpc) is 3.24. The fourth-order valence-electron chi connectivity index (χ4n) is 2.50. The van der Waals surface area contributed by atoms with E-state index in [1.54, 1.807) is 6.20 Å². The third-order valence-electron chi connectivity index (χ3n) is 3.74. The Labute approximate surface area is 108 Å². The lowest BCUT2D eigenvalue weighted by molar-refractivity contribution is 0.411. The number of hydrogen-bond acceptors (Lipinski definition) is 4. The van der Waals surface area contributed by atoms with Crippen LogP contribution >= 0.6 is 0 Å². The third-order valence-corrected chi connectivity index (χ3v) is 3.74. The van der Waals surface area contributed by atoms with Gasteiger partial charge in [-0.3, -0.25) is 0 Å². The highest BCUT2D eigenvalue weighted by atomic mass is 15.2. The number of pyridine rings is 1. The minimum Gasteiger partial charge on any atom is -0.357 e. The highest BCUT2D eigenvalue weighted by molar-refractivity contribution is 5.42. The number of piperidine rings is 1. The zero-order chi connectivity index (χ0) is 12.4. The van der Waals surface area contributed by atoms with Crippen molar-refractivity contribution in [3.05, 3.63) is 23.9 Å². The molecule has 2 aliphatic rings. The predicted octanol–water partition coefficient (Wildman–Crippen LogP) is 1.67. The lowest BCUT2D eigenvalue weighted by Crippen LogP contribution is -2.43. The molecule has 1 aromatic heterocycles. The van der Waals surface area contributed by atoms with E-state index in [4.69, 9.17) is 5.26 Å². The summed E-state index contributed by atoms with van der Waals surface area (Å²) in [5.41, 5.74) is 0.629. The smallest absolute Gasteiger partial charge is 0.128 e. The quantitative estimate of drug-likeness (QED) is 0.876. The van der Waals surface area contributed by atoms with Crippen molar-refractivity contribution in [2.75, 3.05) is 18.0 Å². The summed E-state index contributed by atoms with van der Waals surface area (Å²) in [4.78, 5) is 6.67. The number of rotatable bonds is 3. The highest BCUT2D eigenvalue weighted by Gasteiger charge is 2.27. The van der Waals surface area contributed by atoms with Crippen molar-refractivity contribution in [2.24, 2.45) is 0 Å². The van der Waals surface area contributed by atoms with Crippen molar-refractivity contribution in [3.8, 4) is 6.07 Å². The van der Waals surface area contributed by atoms with E-state index in [1.165, 1.54) is 25.7 Å². The number of nitrogens with zero attached hydrogens (tertiary/aromatic N) is 3. The van der Waals surface area contributed by atoms with Gasteiger partial charge in [0, 0.05) is 31.4 Å². The monoisotopic (exact) mass is 242 g/mol. The molecule has 18 heavy (non-hydrogen) atoms. The molecule has 2 fully saturated rings. The predicted molar refractivity (Wildman–Crippen MR) is 70.3 cm³/mol. The molecule has 1 saturated heterocycles. The zero-order valence-electron chi connectivity index (χ0n) is 10.5. The molecule has 0 radical (unpaired) electrons. The van der Waals surface area contributed by atoms with Crippen LogP contribution in [0.3, 0.4) is 0 Å². The highest BCUT2D eigenvalue weighted by Crippen LogP contribution is 2.23. The SMILES string of the molecule is N#Cc1ccc(N2CCC(NC3CC3)CC2)nc1. The van der Waals surface area contributed by atoms with Gasteiger partial charge in [0.1, 0.15) is 11.9 Å². The van der Waals surface area contributed by atoms with Crippen LogP contribution in [-0.2, 0) is 0 Å². The lowest BCUT2D eigenvalue weighted by atomic mass is 10.0. The molecular formula is C14H18N4. The first-order chi connectivity index (χ1) is 8.85. The maximum Gasteiger partial charge on any atom is 0.128 e. The molecule has 0 atom stereocenters. The summed E-state index contributed by atoms with van der Waals surface area (Å²) in [6.07, 6.45) is 6.76. The van der Waals surface area contributed by atoms with Gasteiger partial charge in [0.05, 0.1) is 5.56 Å². The second kappa shape index (κ2) is 4.95. The fourth-order valence-corrected chi connectivity index (χ4v) is 2.50. The van der Waals surface area contributed by atoms with Gasteiger partial charge < -0.3 is 10.2 Å². The fraction of sp³-hybridized carbons (Fsp3) is 0.571. The van der Waals surface area contributed by atoms with Crippen LogP contribution in [0.15, 0.2) is 18.3 Å². The maximum atomic E-state index is 8.75. The summed E-state index contributed by atoms with van der Waals surface area (Å²) < 4.78 is 0. The molecule has 3 rings (SSSR count). The Bertz CT molecular complexity index is 436. The Morgan fingerprint density at radius 3 is 2.44 bits per heavy atom. The normalized spacial score (nSPS) is 20.7. The summed E-state index contributed by atoms with van der Waals surface area (Å²) >= 11 is 0. The molecule has 1 aliphatic carbocycles. The van der Waals surface area contributed by atoms with Crippen molar-refractivity contribution in [1.29, 1.82) is 5.26 Å². The first kappa shape index (κ1) is 11.5. The molecule has 0 bridgehead atoms. The largest absolute Gasteiger partial charge is 0.357 e. The molecule has 94 valence electrons. The average molecular weight is 242 g/mol. The van der Waals surface area contributed by atoms with Crippen LogP contribution in [0.5, 0.6) is 0 Å². The van der Waals surface area contributed by atoms with Crippen molar-refractivity contribution in [1.82, 2.24) is 10.3 Å². The van der Waals surface area contributed by atoms with Crippen LogP contribution in [0.1, 0.15) is 31.2 Å². The molecule has 1 aliphatic heterocycles. The van der Waals surface area contributed by atoms with Crippen LogP contribution in [0, 0.1) is 11.3 Å². The second-order valence-corrected chi connectivity index (χ2v) is 5.22. The van der Waals surface area contributed by atoms with Gasteiger partial charge >= 0.3 is 0 Å². The summed E-state index contributed by atoms with van der Waals surface area (Å²) in [6.45, 7) is 2.12. The van der Waals surface area contributed by atoms with Gasteiger partial charge in [0.25, 0.3) is 0 Å². The van der Waals surface area contributed by atoms with Crippen molar-refractivity contribution >= 4 is 5.82 Å². The number of anilines is 1. The third kappa shape index (κ3) is 2.62. The number of nitriles is 1. The van der Waals surface area contributed by atoms with E-state index in [2.05, 4.69) is 21.3 Å². The summed E-state index contributed by atoms with van der Waals surface area (Å²) in [5.74, 6) is 0.999. The molecule has 4 heteroatoms. The van der Waals surface area contributed by atoms with E-state index in [9.17, 15) is 0 Å². The zero-order valence-corrected chi connectivity index (χ0v) is 10.5. The number of nitrogens with one attached hydrogen (secondary N) is 1. The van der Waals surface area contributed by atoms with Crippen LogP contribution in [0.4, 0.5) is 5.82 Å². The van der Waals surface area contributed by atoms with E-state index in [-0.39, 0.29) is 0 Å². The first-order valence-corrected chi connectivity index (χ1v) is 6.72. The Hall–Kier alpha value is -1.60. The van der Waals surface area contributed by atoms with Gasteiger partial charge in [-0.2, -0.15) is 5.26 Å². The molecule has 1 N–H and O–H groups in total. The molecule has 0 spiro atoms. The van der Waals surface area contributed by atoms with Crippen LogP contribution in [0.2, 0.25) is 0 Å². The van der Waals surface area contributed by atoms with Gasteiger partial charge in [-0.25, -0.2) is 4.98 Å². The molecule has 1 saturated carbocycles. The minimum absolute atomic E-state index is 0.629. The van der Waals surface area contributed by atoms with Crippen molar-refractivity contribution in [2.45, 2.75) is 37.8 Å². The minimum atomic E-state index is 0.629. The van der Waals surface area contributed by atoms with Gasteiger partial charge in [-0.05, 0) is 37.8 Å². The van der Waals surface area contributed by atoms with Gasteiger partial charge in [0.15, 0.2) is 0 Å². The summed E-state index contributed by atoms with van der Waals surface area (Å²) in [6, 6.07) is 7.39. The van der Waals surface area contributed by atoms with E-state index in [0.717, 1.165) is 24.9 Å². The Morgan fingerprint density at radius 1 is 1.17 bits per heavy atom. The van der Waals surface area contributed by atoms with E-state index in [1.807, 2.05) is 12.1 Å². The van der Waals surface area contributed by atoms with Gasteiger partial charge in [0.2, 0.25) is 0 Å². The molecule has 0 amide bonds. The molecule has 4 nitrogen and oxygen atoms in total. The molecule has 0 unspecified atom stereocenters. The standard InChI is InChI=1S/C14H18N4/c15-9-11-1-4-14(16-10-11)18-7-5-13(6-8-18)17-12-2-3-12/h1,4,10,12-13,17H,2-3,5-8H2. The van der Waals surface area contributed by atoms with E-state index < -0.39 is 0 Å². The van der Waals surface area contributed by atoms with Crippen molar-refractivity contribution < 1.29 is 0 Å². The summed E-state index contributed by atoms with van der Waals surface area (Å²) in [5, 5.41) is 12.4. The van der Waals surface area contributed by atoms with E-state index in [0.29, 0.717) is 11.6 Å². The Kier molecular flexibility index (Phi) is 3.16. The Balaban J connectivity index is 1.56. The van der Waals surface area contributed by atoms with E-state index >= 15 is 0 Å². The topological polar surface area (TPSA) is 52.0 Å². The first-order valence-electron chi connectivity index (χ1n) is 6.72. The Morgan fingerprint density at radius 2 is 1.89 bits per heavy atom. The molecular weight excluding hydrogens is 224 g/mol. The number of hydrogen-bond donors (Lipinski definition) is 1. The molecule has 0 aromatic carbocycles. The second-order valence-electron chi connectivity index (χ2n) is 5.22.